The van der Waals surface area contributed by atoms with Crippen LogP contribution in [0.15, 0.2) is 42.5 Å². The molecule has 1 heterocycles. The third-order valence-electron chi connectivity index (χ3n) is 4.71. The van der Waals surface area contributed by atoms with Crippen LogP contribution in [0.3, 0.4) is 0 Å². The molecule has 2 aromatic carbocycles. The van der Waals surface area contributed by atoms with Crippen molar-refractivity contribution in [2.24, 2.45) is 0 Å². The topological polar surface area (TPSA) is 24.9 Å². The molecule has 3 rings (SSSR count). The molecule has 24 heavy (non-hydrogen) atoms. The highest BCUT2D eigenvalue weighted by molar-refractivity contribution is 5.53. The van der Waals surface area contributed by atoms with Gasteiger partial charge in [-0.05, 0) is 24.6 Å². The smallest absolute Gasteiger partial charge is 0.165 e. The van der Waals surface area contributed by atoms with Crippen LogP contribution in [0.4, 0.5) is 5.69 Å². The quantitative estimate of drug-likeness (QED) is 0.841. The lowest BCUT2D eigenvalue weighted by atomic mass is 10.1. The molecule has 0 radical (unpaired) electrons. The average Bonchev–Trinajstić information content (AvgIpc) is 2.62. The van der Waals surface area contributed by atoms with Crippen LogP contribution in [-0.4, -0.2) is 45.3 Å². The molecule has 0 amide bonds. The van der Waals surface area contributed by atoms with Crippen molar-refractivity contribution in [3.63, 3.8) is 0 Å². The molecule has 1 aliphatic rings. The van der Waals surface area contributed by atoms with Gasteiger partial charge in [0.05, 0.1) is 14.2 Å². The lowest BCUT2D eigenvalue weighted by Crippen LogP contribution is -2.46. The number of benzene rings is 2. The molecule has 4 heteroatoms. The van der Waals surface area contributed by atoms with E-state index in [1.807, 2.05) is 12.1 Å². The molecule has 1 saturated heterocycles. The van der Waals surface area contributed by atoms with E-state index in [1.54, 1.807) is 14.2 Å². The Hall–Kier alpha value is -2.20. The largest absolute Gasteiger partial charge is 0.493 e. The summed E-state index contributed by atoms with van der Waals surface area (Å²) in [5, 5.41) is 0. The van der Waals surface area contributed by atoms with E-state index in [-0.39, 0.29) is 0 Å². The summed E-state index contributed by atoms with van der Waals surface area (Å²) in [5.74, 6) is 1.65. The normalized spacial score (nSPS) is 15.4. The second kappa shape index (κ2) is 7.58. The van der Waals surface area contributed by atoms with Gasteiger partial charge in [0, 0.05) is 44.0 Å². The predicted octanol–water partition coefficient (Wildman–Crippen LogP) is 3.33. The fraction of sp³-hybridized carbons (Fsp3) is 0.400. The van der Waals surface area contributed by atoms with Gasteiger partial charge < -0.3 is 14.4 Å². The highest BCUT2D eigenvalue weighted by Crippen LogP contribution is 2.32. The third-order valence-corrected chi connectivity index (χ3v) is 4.71. The molecular weight excluding hydrogens is 300 g/mol. The molecule has 0 unspecified atom stereocenters. The van der Waals surface area contributed by atoms with Gasteiger partial charge in [0.25, 0.3) is 0 Å². The third kappa shape index (κ3) is 3.49. The fourth-order valence-electron chi connectivity index (χ4n) is 3.38. The Morgan fingerprint density at radius 3 is 2.29 bits per heavy atom. The number of aryl methyl sites for hydroxylation is 1. The summed E-state index contributed by atoms with van der Waals surface area (Å²) in [6.45, 7) is 7.28. The molecule has 2 aromatic rings. The van der Waals surface area contributed by atoms with E-state index in [0.717, 1.165) is 44.2 Å². The summed E-state index contributed by atoms with van der Waals surface area (Å²) >= 11 is 0. The van der Waals surface area contributed by atoms with Crippen molar-refractivity contribution < 1.29 is 9.47 Å². The number of nitrogens with zero attached hydrogens (tertiary/aromatic N) is 2. The second-order valence-corrected chi connectivity index (χ2v) is 6.20. The summed E-state index contributed by atoms with van der Waals surface area (Å²) in [7, 11) is 3.39. The molecule has 4 nitrogen and oxygen atoms in total. The molecule has 128 valence electrons. The van der Waals surface area contributed by atoms with Gasteiger partial charge in [-0.1, -0.05) is 30.3 Å². The maximum absolute atomic E-state index is 5.55. The molecule has 1 fully saturated rings. The van der Waals surface area contributed by atoms with E-state index >= 15 is 0 Å². The summed E-state index contributed by atoms with van der Waals surface area (Å²) < 4.78 is 11.0. The van der Waals surface area contributed by atoms with Crippen molar-refractivity contribution in [3.8, 4) is 11.5 Å². The zero-order valence-electron chi connectivity index (χ0n) is 14.8. The number of hydrogen-bond donors (Lipinski definition) is 0. The molecular formula is C20H26N2O2. The monoisotopic (exact) mass is 326 g/mol. The van der Waals surface area contributed by atoms with Crippen LogP contribution < -0.4 is 14.4 Å². The zero-order chi connectivity index (χ0) is 16.9. The molecule has 0 atom stereocenters. The second-order valence-electron chi connectivity index (χ2n) is 6.20. The summed E-state index contributed by atoms with van der Waals surface area (Å²) in [4.78, 5) is 4.96. The van der Waals surface area contributed by atoms with Gasteiger partial charge in [-0.25, -0.2) is 0 Å². The van der Waals surface area contributed by atoms with E-state index in [2.05, 4.69) is 47.1 Å². The Bertz CT molecular complexity index is 679. The van der Waals surface area contributed by atoms with Gasteiger partial charge >= 0.3 is 0 Å². The van der Waals surface area contributed by atoms with Gasteiger partial charge in [0.2, 0.25) is 0 Å². The van der Waals surface area contributed by atoms with Gasteiger partial charge in [0.15, 0.2) is 11.5 Å². The van der Waals surface area contributed by atoms with Crippen LogP contribution in [0.5, 0.6) is 11.5 Å². The number of methoxy groups -OCH3 is 2. The van der Waals surface area contributed by atoms with Crippen molar-refractivity contribution >= 4 is 5.69 Å². The van der Waals surface area contributed by atoms with E-state index in [4.69, 9.17) is 9.47 Å². The minimum Gasteiger partial charge on any atom is -0.493 e. The molecule has 0 N–H and O–H groups in total. The van der Waals surface area contributed by atoms with E-state index in [1.165, 1.54) is 16.8 Å². The Morgan fingerprint density at radius 1 is 0.875 bits per heavy atom. The Morgan fingerprint density at radius 2 is 1.62 bits per heavy atom. The summed E-state index contributed by atoms with van der Waals surface area (Å²) in [6.07, 6.45) is 0. The van der Waals surface area contributed by atoms with Crippen LogP contribution in [0.2, 0.25) is 0 Å². The molecule has 0 saturated carbocycles. The van der Waals surface area contributed by atoms with Crippen molar-refractivity contribution in [2.75, 3.05) is 45.3 Å². The first-order chi connectivity index (χ1) is 11.7. The first-order valence-corrected chi connectivity index (χ1v) is 8.45. The maximum atomic E-state index is 5.55. The number of rotatable bonds is 5. The van der Waals surface area contributed by atoms with Gasteiger partial charge in [-0.3, -0.25) is 4.90 Å². The highest BCUT2D eigenvalue weighted by Gasteiger charge is 2.20. The van der Waals surface area contributed by atoms with Gasteiger partial charge in [-0.15, -0.1) is 0 Å². The maximum Gasteiger partial charge on any atom is 0.165 e. The molecule has 0 aliphatic carbocycles. The molecule has 0 spiro atoms. The number of para-hydroxylation sites is 2. The molecule has 0 aromatic heterocycles. The SMILES string of the molecule is COc1cccc(CN2CCN(c3ccccc3C)CC2)c1OC. The van der Waals surface area contributed by atoms with Crippen molar-refractivity contribution in [2.45, 2.75) is 13.5 Å². The standard InChI is InChI=1S/C20H26N2O2/c1-16-7-4-5-9-18(16)22-13-11-21(12-14-22)15-17-8-6-10-19(23-2)20(17)24-3/h4-10H,11-15H2,1-3H3. The van der Waals surface area contributed by atoms with E-state index in [9.17, 15) is 0 Å². The Kier molecular flexibility index (Phi) is 5.26. The average molecular weight is 326 g/mol. The zero-order valence-corrected chi connectivity index (χ0v) is 14.8. The van der Waals surface area contributed by atoms with Gasteiger partial charge in [0.1, 0.15) is 0 Å². The van der Waals surface area contributed by atoms with Crippen LogP contribution in [0, 0.1) is 6.92 Å². The first-order valence-electron chi connectivity index (χ1n) is 8.45. The Labute approximate surface area is 144 Å². The lowest BCUT2D eigenvalue weighted by molar-refractivity contribution is 0.244. The van der Waals surface area contributed by atoms with Crippen molar-refractivity contribution in [3.05, 3.63) is 53.6 Å². The number of hydrogen-bond acceptors (Lipinski definition) is 4. The van der Waals surface area contributed by atoms with Crippen LogP contribution >= 0.6 is 0 Å². The van der Waals surface area contributed by atoms with E-state index in [0.29, 0.717) is 0 Å². The van der Waals surface area contributed by atoms with Crippen molar-refractivity contribution in [1.82, 2.24) is 4.90 Å². The number of piperazine rings is 1. The first kappa shape index (κ1) is 16.7. The molecule has 0 bridgehead atoms. The van der Waals surface area contributed by atoms with Crippen LogP contribution in [-0.2, 0) is 6.54 Å². The Balaban J connectivity index is 1.65. The fourth-order valence-corrected chi connectivity index (χ4v) is 3.38. The van der Waals surface area contributed by atoms with E-state index < -0.39 is 0 Å². The van der Waals surface area contributed by atoms with Crippen LogP contribution in [0.1, 0.15) is 11.1 Å². The van der Waals surface area contributed by atoms with Crippen molar-refractivity contribution in [1.29, 1.82) is 0 Å². The highest BCUT2D eigenvalue weighted by atomic mass is 16.5. The number of anilines is 1. The minimum atomic E-state index is 0.800. The summed E-state index contributed by atoms with van der Waals surface area (Å²) in [6, 6.07) is 14.7. The van der Waals surface area contributed by atoms with Gasteiger partial charge in [-0.2, -0.15) is 0 Å². The lowest BCUT2D eigenvalue weighted by Gasteiger charge is -2.37. The number of ether oxygens (including phenoxy) is 2. The summed E-state index contributed by atoms with van der Waals surface area (Å²) in [5.41, 5.74) is 3.89. The van der Waals surface area contributed by atoms with Crippen LogP contribution in [0.25, 0.3) is 0 Å². The minimum absolute atomic E-state index is 0.800. The predicted molar refractivity (Wildman–Crippen MR) is 98.2 cm³/mol. The molecule has 1 aliphatic heterocycles.